The second kappa shape index (κ2) is 4.80. The summed E-state index contributed by atoms with van der Waals surface area (Å²) in [6.45, 7) is 9.00. The van der Waals surface area contributed by atoms with Crippen LogP contribution in [0.1, 0.15) is 6.92 Å². The van der Waals surface area contributed by atoms with Crippen molar-refractivity contribution in [3.63, 3.8) is 0 Å². The Kier molecular flexibility index (Phi) is 4.39. The smallest absolute Gasteiger partial charge is 0.0340 e. The van der Waals surface area contributed by atoms with Gasteiger partial charge in [0.05, 0.1) is 0 Å². The molecular weight excluding hydrogens is 158 g/mol. The van der Waals surface area contributed by atoms with Crippen LogP contribution in [0.4, 0.5) is 0 Å². The third-order valence-corrected chi connectivity index (χ3v) is 1.14. The van der Waals surface area contributed by atoms with Crippen LogP contribution in [0.2, 0.25) is 0 Å². The molecular formula is C9H12ClN. The molecule has 2 N–H and O–H groups in total. The van der Waals surface area contributed by atoms with Gasteiger partial charge in [0.25, 0.3) is 0 Å². The van der Waals surface area contributed by atoms with Crippen LogP contribution in [0, 0.1) is 0 Å². The molecule has 0 rings (SSSR count). The standard InChI is InChI=1S/C9H12ClN/c1-4-5-9(8(3)11)6-7(2)10/h4-6H,2-3,11H2,1H3/b5-4-,9-6+. The van der Waals surface area contributed by atoms with Crippen molar-refractivity contribution >= 4 is 11.6 Å². The Hall–Kier alpha value is -0.950. The highest BCUT2D eigenvalue weighted by atomic mass is 35.5. The predicted molar refractivity (Wildman–Crippen MR) is 51.2 cm³/mol. The second-order valence-electron chi connectivity index (χ2n) is 2.07. The normalized spacial score (nSPS) is 12.0. The Morgan fingerprint density at radius 2 is 2.00 bits per heavy atom. The van der Waals surface area contributed by atoms with Crippen LogP contribution < -0.4 is 5.73 Å². The third kappa shape index (κ3) is 4.45. The molecule has 0 atom stereocenters. The Morgan fingerprint density at radius 1 is 1.45 bits per heavy atom. The van der Waals surface area contributed by atoms with E-state index in [1.807, 2.05) is 19.1 Å². The van der Waals surface area contributed by atoms with Gasteiger partial charge in [0.15, 0.2) is 0 Å². The van der Waals surface area contributed by atoms with E-state index in [0.29, 0.717) is 10.7 Å². The summed E-state index contributed by atoms with van der Waals surface area (Å²) in [5, 5.41) is 0.449. The van der Waals surface area contributed by atoms with Crippen LogP contribution in [-0.4, -0.2) is 0 Å². The second-order valence-corrected chi connectivity index (χ2v) is 2.56. The molecule has 0 aliphatic carbocycles. The number of rotatable bonds is 3. The topological polar surface area (TPSA) is 26.0 Å². The summed E-state index contributed by atoms with van der Waals surface area (Å²) in [5.41, 5.74) is 6.75. The van der Waals surface area contributed by atoms with E-state index in [1.54, 1.807) is 6.08 Å². The lowest BCUT2D eigenvalue weighted by atomic mass is 10.2. The lowest BCUT2D eigenvalue weighted by molar-refractivity contribution is 1.37. The molecule has 0 spiro atoms. The van der Waals surface area contributed by atoms with Gasteiger partial charge in [0, 0.05) is 10.7 Å². The van der Waals surface area contributed by atoms with E-state index in [1.165, 1.54) is 0 Å². The largest absolute Gasteiger partial charge is 0.399 e. The van der Waals surface area contributed by atoms with Gasteiger partial charge in [0.1, 0.15) is 0 Å². The van der Waals surface area contributed by atoms with Gasteiger partial charge in [-0.2, -0.15) is 0 Å². The van der Waals surface area contributed by atoms with E-state index in [4.69, 9.17) is 17.3 Å². The van der Waals surface area contributed by atoms with Crippen molar-refractivity contribution in [3.8, 4) is 0 Å². The fourth-order valence-corrected chi connectivity index (χ4v) is 0.714. The van der Waals surface area contributed by atoms with Crippen LogP contribution >= 0.6 is 11.6 Å². The molecule has 2 heteroatoms. The summed E-state index contributed by atoms with van der Waals surface area (Å²) in [6, 6.07) is 0. The zero-order chi connectivity index (χ0) is 8.85. The molecule has 0 saturated heterocycles. The lowest BCUT2D eigenvalue weighted by Crippen LogP contribution is -1.96. The van der Waals surface area contributed by atoms with Gasteiger partial charge in [-0.25, -0.2) is 0 Å². The molecule has 0 unspecified atom stereocenters. The highest BCUT2D eigenvalue weighted by molar-refractivity contribution is 6.30. The van der Waals surface area contributed by atoms with Crippen molar-refractivity contribution in [2.24, 2.45) is 5.73 Å². The molecule has 1 nitrogen and oxygen atoms in total. The maximum Gasteiger partial charge on any atom is 0.0340 e. The predicted octanol–water partition coefficient (Wildman–Crippen LogP) is 2.71. The van der Waals surface area contributed by atoms with Crippen molar-refractivity contribution < 1.29 is 0 Å². The molecule has 0 aromatic carbocycles. The van der Waals surface area contributed by atoms with E-state index in [9.17, 15) is 0 Å². The molecule has 0 aliphatic rings. The number of nitrogens with two attached hydrogens (primary N) is 1. The van der Waals surface area contributed by atoms with Crippen molar-refractivity contribution in [1.82, 2.24) is 0 Å². The summed E-state index contributed by atoms with van der Waals surface area (Å²) in [4.78, 5) is 0. The molecule has 0 saturated carbocycles. The number of hydrogen-bond acceptors (Lipinski definition) is 1. The Labute approximate surface area is 72.5 Å². The van der Waals surface area contributed by atoms with Gasteiger partial charge in [-0.05, 0) is 18.6 Å². The highest BCUT2D eigenvalue weighted by Crippen LogP contribution is 2.09. The summed E-state index contributed by atoms with van der Waals surface area (Å²) in [7, 11) is 0. The quantitative estimate of drug-likeness (QED) is 0.646. The first-order valence-corrected chi connectivity index (χ1v) is 3.59. The van der Waals surface area contributed by atoms with Gasteiger partial charge in [-0.15, -0.1) is 0 Å². The van der Waals surface area contributed by atoms with E-state index < -0.39 is 0 Å². The molecule has 0 amide bonds. The van der Waals surface area contributed by atoms with Crippen LogP contribution in [0.3, 0.4) is 0 Å². The molecule has 11 heavy (non-hydrogen) atoms. The molecule has 0 fully saturated rings. The minimum Gasteiger partial charge on any atom is -0.399 e. The molecule has 0 aromatic rings. The van der Waals surface area contributed by atoms with Crippen LogP contribution in [0.5, 0.6) is 0 Å². The summed E-state index contributed by atoms with van der Waals surface area (Å²) >= 11 is 5.55. The van der Waals surface area contributed by atoms with Crippen molar-refractivity contribution in [2.75, 3.05) is 0 Å². The molecule has 0 heterocycles. The summed E-state index contributed by atoms with van der Waals surface area (Å²) in [6.07, 6.45) is 5.36. The van der Waals surface area contributed by atoms with Crippen molar-refractivity contribution in [2.45, 2.75) is 6.92 Å². The van der Waals surface area contributed by atoms with Crippen LogP contribution in [0.15, 0.2) is 47.7 Å². The zero-order valence-corrected chi connectivity index (χ0v) is 7.36. The van der Waals surface area contributed by atoms with Gasteiger partial charge in [-0.3, -0.25) is 0 Å². The number of allylic oxidation sites excluding steroid dienone is 4. The Balaban J connectivity index is 4.59. The van der Waals surface area contributed by atoms with Crippen molar-refractivity contribution in [3.05, 3.63) is 47.7 Å². The number of halogens is 1. The maximum atomic E-state index is 5.55. The van der Waals surface area contributed by atoms with E-state index >= 15 is 0 Å². The Bertz CT molecular complexity index is 224. The molecule has 0 bridgehead atoms. The molecule has 0 radical (unpaired) electrons. The van der Waals surface area contributed by atoms with E-state index in [0.717, 1.165) is 5.57 Å². The third-order valence-electron chi connectivity index (χ3n) is 1.03. The summed E-state index contributed by atoms with van der Waals surface area (Å²) in [5.74, 6) is 0. The molecule has 0 aliphatic heterocycles. The van der Waals surface area contributed by atoms with Crippen molar-refractivity contribution in [1.29, 1.82) is 0 Å². The van der Waals surface area contributed by atoms with Gasteiger partial charge < -0.3 is 5.73 Å². The van der Waals surface area contributed by atoms with E-state index in [2.05, 4.69) is 13.2 Å². The van der Waals surface area contributed by atoms with Gasteiger partial charge in [0.2, 0.25) is 0 Å². The average Bonchev–Trinajstić information content (AvgIpc) is 1.86. The maximum absolute atomic E-state index is 5.55. The van der Waals surface area contributed by atoms with Crippen LogP contribution in [-0.2, 0) is 0 Å². The van der Waals surface area contributed by atoms with Gasteiger partial charge in [-0.1, -0.05) is 36.9 Å². The lowest BCUT2D eigenvalue weighted by Gasteiger charge is -1.98. The number of hydrogen-bond donors (Lipinski definition) is 1. The zero-order valence-electron chi connectivity index (χ0n) is 6.60. The fourth-order valence-electron chi connectivity index (χ4n) is 0.596. The Morgan fingerprint density at radius 3 is 2.27 bits per heavy atom. The first kappa shape index (κ1) is 10.0. The minimum absolute atomic E-state index is 0.449. The monoisotopic (exact) mass is 169 g/mol. The highest BCUT2D eigenvalue weighted by Gasteiger charge is 1.92. The molecule has 0 aromatic heterocycles. The summed E-state index contributed by atoms with van der Waals surface area (Å²) < 4.78 is 0. The first-order valence-electron chi connectivity index (χ1n) is 3.21. The fraction of sp³-hybridized carbons (Fsp3) is 0.111. The van der Waals surface area contributed by atoms with E-state index in [-0.39, 0.29) is 0 Å². The SMILES string of the molecule is C=C(Cl)/C=C(\C=C/C)C(=C)N. The van der Waals surface area contributed by atoms with Crippen LogP contribution in [0.25, 0.3) is 0 Å². The molecule has 60 valence electrons. The first-order chi connectivity index (χ1) is 5.07. The minimum atomic E-state index is 0.449. The average molecular weight is 170 g/mol. The van der Waals surface area contributed by atoms with Gasteiger partial charge >= 0.3 is 0 Å².